The van der Waals surface area contributed by atoms with Crippen LogP contribution in [-0.2, 0) is 18.3 Å². The van der Waals surface area contributed by atoms with Crippen molar-refractivity contribution in [3.8, 4) is 17.3 Å². The smallest absolute Gasteiger partial charge is 0.392 e. The van der Waals surface area contributed by atoms with Crippen molar-refractivity contribution in [2.24, 2.45) is 0 Å². The van der Waals surface area contributed by atoms with Crippen molar-refractivity contribution in [3.05, 3.63) is 54.4 Å². The van der Waals surface area contributed by atoms with E-state index in [1.165, 1.54) is 12.4 Å². The fraction of sp³-hybridized carbons (Fsp3) is 0.464. The molecule has 6 rings (SSSR count). The number of anilines is 1. The second-order valence-electron chi connectivity index (χ2n) is 11.0. The summed E-state index contributed by atoms with van der Waals surface area (Å²) in [4.78, 5) is 19.9. The van der Waals surface area contributed by atoms with Crippen molar-refractivity contribution >= 4 is 16.9 Å². The highest BCUT2D eigenvalue weighted by Crippen LogP contribution is 2.46. The lowest BCUT2D eigenvalue weighted by atomic mass is 9.69. The molecule has 0 spiro atoms. The number of nitrogens with one attached hydrogen (secondary N) is 1. The molecule has 0 radical (unpaired) electrons. The van der Waals surface area contributed by atoms with E-state index in [4.69, 9.17) is 0 Å². The maximum Gasteiger partial charge on any atom is 0.433 e. The van der Waals surface area contributed by atoms with Crippen LogP contribution >= 0.6 is 0 Å². The van der Waals surface area contributed by atoms with Crippen LogP contribution in [0, 0.1) is 11.3 Å². The monoisotopic (exact) mass is 565 g/mol. The normalized spacial score (nSPS) is 22.0. The number of pyridine rings is 1. The number of aromatic nitrogens is 6. The van der Waals surface area contributed by atoms with E-state index in [-0.39, 0.29) is 17.4 Å². The predicted molar refractivity (Wildman–Crippen MR) is 144 cm³/mol. The summed E-state index contributed by atoms with van der Waals surface area (Å²) in [6, 6.07) is 7.02. The zero-order valence-electron chi connectivity index (χ0n) is 22.5. The number of alkyl halides is 3. The molecule has 2 fully saturated rings. The summed E-state index contributed by atoms with van der Waals surface area (Å²) in [5.74, 6) is 0.217. The Bertz CT molecular complexity index is 1580. The number of fused-ring (bicyclic) bond motifs is 1. The maximum atomic E-state index is 13.3. The Kier molecular flexibility index (Phi) is 6.91. The summed E-state index contributed by atoms with van der Waals surface area (Å²) in [7, 11) is 1.76. The van der Waals surface area contributed by atoms with Gasteiger partial charge in [-0.3, -0.25) is 4.68 Å². The highest BCUT2D eigenvalue weighted by atomic mass is 19.4. The molecule has 10 nitrogen and oxygen atoms in total. The van der Waals surface area contributed by atoms with Crippen molar-refractivity contribution in [2.75, 3.05) is 25.0 Å². The average molecular weight is 566 g/mol. The third-order valence-corrected chi connectivity index (χ3v) is 8.60. The number of hydrogen-bond donors (Lipinski definition) is 2. The second-order valence-corrected chi connectivity index (χ2v) is 11.0. The molecule has 0 bridgehead atoms. The van der Waals surface area contributed by atoms with Crippen molar-refractivity contribution in [1.29, 1.82) is 5.26 Å². The first-order valence-corrected chi connectivity index (χ1v) is 13.6. The molecule has 214 valence electrons. The standard InChI is InChI=1S/C28H30F3N9O/c1-38(24-11-18(16-41)10-23(37-24)28(29,30)31)20-3-8-39(9-4-20)21-12-27(13-21,5-6-32)40-15-19(14-36-40)25-22-2-7-33-26(22)35-17-34-25/h2,7,10-11,14-15,17,20-21,41H,3-5,8-9,12-13,16H2,1H3,(H,33,34,35)/t21-,27-. The zero-order chi connectivity index (χ0) is 28.8. The molecule has 5 heterocycles. The van der Waals surface area contributed by atoms with Gasteiger partial charge in [-0.25, -0.2) is 15.0 Å². The average Bonchev–Trinajstić information content (AvgIpc) is 3.64. The molecule has 1 saturated carbocycles. The van der Waals surface area contributed by atoms with Crippen molar-refractivity contribution in [3.63, 3.8) is 0 Å². The lowest BCUT2D eigenvalue weighted by molar-refractivity contribution is -0.141. The van der Waals surface area contributed by atoms with Gasteiger partial charge in [0.25, 0.3) is 0 Å². The summed E-state index contributed by atoms with van der Waals surface area (Å²) in [6.07, 6.45) is 5.99. The summed E-state index contributed by atoms with van der Waals surface area (Å²) in [5.41, 5.74) is 1.22. The van der Waals surface area contributed by atoms with Gasteiger partial charge in [0.1, 0.15) is 23.5 Å². The molecule has 2 N–H and O–H groups in total. The number of aliphatic hydroxyl groups excluding tert-OH is 1. The first kappa shape index (κ1) is 27.2. The third kappa shape index (κ3) is 5.02. The molecule has 41 heavy (non-hydrogen) atoms. The van der Waals surface area contributed by atoms with Crippen LogP contribution in [0.15, 0.2) is 43.1 Å². The molecule has 0 atom stereocenters. The first-order chi connectivity index (χ1) is 19.7. The van der Waals surface area contributed by atoms with Crippen molar-refractivity contribution in [2.45, 2.75) is 62.5 Å². The van der Waals surface area contributed by atoms with E-state index in [1.54, 1.807) is 18.1 Å². The van der Waals surface area contributed by atoms with Gasteiger partial charge in [0.15, 0.2) is 0 Å². The van der Waals surface area contributed by atoms with Gasteiger partial charge in [-0.2, -0.15) is 23.5 Å². The van der Waals surface area contributed by atoms with E-state index in [0.717, 1.165) is 67.1 Å². The number of aliphatic hydroxyl groups is 1. The third-order valence-electron chi connectivity index (χ3n) is 8.60. The topological polar surface area (TPSA) is 123 Å². The van der Waals surface area contributed by atoms with Gasteiger partial charge in [0, 0.05) is 55.6 Å². The number of nitrogens with zero attached hydrogens (tertiary/aromatic N) is 8. The maximum absolute atomic E-state index is 13.3. The SMILES string of the molecule is CN(c1cc(CO)cc(C(F)(F)F)n1)C1CCN([C@H]2C[C@](CC#N)(n3cc(-c4ncnc5[nH]ccc45)cn3)C2)CC1. The van der Waals surface area contributed by atoms with E-state index in [2.05, 4.69) is 36.0 Å². The van der Waals surface area contributed by atoms with Crippen LogP contribution in [0.1, 0.15) is 43.4 Å². The molecule has 1 saturated heterocycles. The summed E-state index contributed by atoms with van der Waals surface area (Å²) >= 11 is 0. The number of rotatable bonds is 7. The Morgan fingerprint density at radius 3 is 2.71 bits per heavy atom. The molecular weight excluding hydrogens is 535 g/mol. The lowest BCUT2D eigenvalue weighted by Gasteiger charge is -2.52. The number of nitriles is 1. The molecule has 0 aromatic carbocycles. The molecule has 0 amide bonds. The molecule has 1 aliphatic heterocycles. The highest BCUT2D eigenvalue weighted by molar-refractivity contribution is 5.90. The van der Waals surface area contributed by atoms with Gasteiger partial charge in [-0.05, 0) is 49.4 Å². The fourth-order valence-corrected chi connectivity index (χ4v) is 6.26. The molecule has 1 aliphatic carbocycles. The molecule has 4 aromatic rings. The molecule has 2 aliphatic rings. The van der Waals surface area contributed by atoms with E-state index in [0.29, 0.717) is 12.5 Å². The van der Waals surface area contributed by atoms with Gasteiger partial charge in [0.2, 0.25) is 0 Å². The van der Waals surface area contributed by atoms with Gasteiger partial charge in [-0.15, -0.1) is 0 Å². The Hall–Kier alpha value is -4.02. The van der Waals surface area contributed by atoms with Crippen LogP contribution < -0.4 is 4.90 Å². The lowest BCUT2D eigenvalue weighted by Crippen LogP contribution is -2.58. The van der Waals surface area contributed by atoms with Gasteiger partial charge in [0.05, 0.1) is 36.5 Å². The predicted octanol–water partition coefficient (Wildman–Crippen LogP) is 4.10. The van der Waals surface area contributed by atoms with Crippen LogP contribution in [-0.4, -0.2) is 71.9 Å². The summed E-state index contributed by atoms with van der Waals surface area (Å²) < 4.78 is 42.0. The summed E-state index contributed by atoms with van der Waals surface area (Å²) in [6.45, 7) is 1.11. The second kappa shape index (κ2) is 10.4. The van der Waals surface area contributed by atoms with Gasteiger partial charge >= 0.3 is 6.18 Å². The Morgan fingerprint density at radius 2 is 2.00 bits per heavy atom. The molecule has 13 heteroatoms. The van der Waals surface area contributed by atoms with Crippen molar-refractivity contribution < 1.29 is 18.3 Å². The summed E-state index contributed by atoms with van der Waals surface area (Å²) in [5, 5.41) is 24.7. The van der Waals surface area contributed by atoms with Gasteiger partial charge in [-0.1, -0.05) is 0 Å². The number of piperidine rings is 1. The number of hydrogen-bond acceptors (Lipinski definition) is 8. The Labute approximate surface area is 234 Å². The quantitative estimate of drug-likeness (QED) is 0.344. The Morgan fingerprint density at radius 1 is 1.22 bits per heavy atom. The Balaban J connectivity index is 1.11. The van der Waals surface area contributed by atoms with Gasteiger partial charge < -0.3 is 19.9 Å². The van der Waals surface area contributed by atoms with E-state index in [9.17, 15) is 23.5 Å². The molecular formula is C28H30F3N9O. The first-order valence-electron chi connectivity index (χ1n) is 13.6. The minimum Gasteiger partial charge on any atom is -0.392 e. The number of H-pyrrole nitrogens is 1. The molecule has 0 unspecified atom stereocenters. The van der Waals surface area contributed by atoms with Crippen LogP contribution in [0.5, 0.6) is 0 Å². The van der Waals surface area contributed by atoms with E-state index in [1.807, 2.05) is 23.1 Å². The van der Waals surface area contributed by atoms with Crippen LogP contribution in [0.3, 0.4) is 0 Å². The van der Waals surface area contributed by atoms with Crippen LogP contribution in [0.2, 0.25) is 0 Å². The minimum absolute atomic E-state index is 0.0320. The zero-order valence-corrected chi connectivity index (χ0v) is 22.5. The molecule has 4 aromatic heterocycles. The largest absolute Gasteiger partial charge is 0.433 e. The van der Waals surface area contributed by atoms with Crippen LogP contribution in [0.4, 0.5) is 19.0 Å². The van der Waals surface area contributed by atoms with Crippen molar-refractivity contribution in [1.82, 2.24) is 34.6 Å². The van der Waals surface area contributed by atoms with E-state index >= 15 is 0 Å². The fourth-order valence-electron chi connectivity index (χ4n) is 6.26. The highest BCUT2D eigenvalue weighted by Gasteiger charge is 2.49. The number of halogens is 3. The van der Waals surface area contributed by atoms with Crippen LogP contribution in [0.25, 0.3) is 22.3 Å². The number of likely N-dealkylation sites (tertiary alicyclic amines) is 1. The number of aromatic amines is 1. The van der Waals surface area contributed by atoms with E-state index < -0.39 is 24.0 Å². The minimum atomic E-state index is -4.58.